The molecule has 2 N–H and O–H groups in total. The van der Waals surface area contributed by atoms with Gasteiger partial charge in [0, 0.05) is 10.5 Å². The molecule has 1 aromatic heterocycles. The molecule has 11 heavy (non-hydrogen) atoms. The summed E-state index contributed by atoms with van der Waals surface area (Å²) in [5.74, 6) is 0.756. The first-order valence-corrected chi connectivity index (χ1v) is 5.05. The highest BCUT2D eigenvalue weighted by atomic mass is 127. The molecule has 3 nitrogen and oxygen atoms in total. The number of hydrogen-bond donors (Lipinski definition) is 1. The number of alkyl halides is 1. The van der Waals surface area contributed by atoms with Crippen molar-refractivity contribution in [3.63, 3.8) is 0 Å². The Morgan fingerprint density at radius 2 is 2.45 bits per heavy atom. The van der Waals surface area contributed by atoms with Gasteiger partial charge in [-0.2, -0.15) is 5.10 Å². The van der Waals surface area contributed by atoms with E-state index in [-0.39, 0.29) is 0 Å². The molecule has 0 radical (unpaired) electrons. The number of rotatable bonds is 2. The molecule has 62 valence electrons. The number of aromatic nitrogens is 2. The third-order valence-corrected chi connectivity index (χ3v) is 2.80. The van der Waals surface area contributed by atoms with E-state index in [9.17, 15) is 0 Å². The van der Waals surface area contributed by atoms with E-state index in [1.165, 1.54) is 0 Å². The van der Waals surface area contributed by atoms with Crippen molar-refractivity contribution in [3.05, 3.63) is 11.8 Å². The molecule has 4 heteroatoms. The van der Waals surface area contributed by atoms with Crippen molar-refractivity contribution in [2.45, 2.75) is 19.9 Å². The highest BCUT2D eigenvalue weighted by Gasteiger charge is 2.07. The Kier molecular flexibility index (Phi) is 2.75. The van der Waals surface area contributed by atoms with Gasteiger partial charge in [-0.15, -0.1) is 0 Å². The number of nitrogens with two attached hydrogens (primary N) is 1. The van der Waals surface area contributed by atoms with Crippen molar-refractivity contribution in [1.82, 2.24) is 9.78 Å². The zero-order valence-corrected chi connectivity index (χ0v) is 8.87. The van der Waals surface area contributed by atoms with Crippen LogP contribution in [0.5, 0.6) is 0 Å². The minimum Gasteiger partial charge on any atom is -0.384 e. The number of aryl methyl sites for hydroxylation is 1. The van der Waals surface area contributed by atoms with Crippen LogP contribution >= 0.6 is 22.6 Å². The van der Waals surface area contributed by atoms with Crippen molar-refractivity contribution < 1.29 is 0 Å². The number of nitrogen functional groups attached to an aromatic ring is 1. The Bertz CT molecular complexity index is 244. The van der Waals surface area contributed by atoms with Crippen LogP contribution in [-0.2, 0) is 0 Å². The molecule has 0 fully saturated rings. The van der Waals surface area contributed by atoms with E-state index < -0.39 is 0 Å². The lowest BCUT2D eigenvalue weighted by Crippen LogP contribution is -2.10. The van der Waals surface area contributed by atoms with Crippen LogP contribution in [0.1, 0.15) is 18.7 Å². The normalized spacial score (nSPS) is 13.4. The molecule has 0 spiro atoms. The van der Waals surface area contributed by atoms with E-state index >= 15 is 0 Å². The molecule has 1 aromatic rings. The molecule has 1 atom stereocenters. The van der Waals surface area contributed by atoms with Crippen molar-refractivity contribution in [3.8, 4) is 0 Å². The molecule has 0 aliphatic carbocycles. The molecule has 0 aromatic carbocycles. The molecule has 0 amide bonds. The average Bonchev–Trinajstić information content (AvgIpc) is 2.28. The molecule has 0 saturated carbocycles. The number of hydrogen-bond acceptors (Lipinski definition) is 2. The lowest BCUT2D eigenvalue weighted by atomic mass is 10.4. The highest BCUT2D eigenvalue weighted by Crippen LogP contribution is 2.14. The zero-order chi connectivity index (χ0) is 8.43. The second-order valence-corrected chi connectivity index (χ2v) is 3.54. The Labute approximate surface area is 80.1 Å². The minimum absolute atomic E-state index is 0.393. The molecular formula is C7H12IN3. The summed E-state index contributed by atoms with van der Waals surface area (Å²) in [6.45, 7) is 4.06. The molecule has 1 unspecified atom stereocenters. The maximum atomic E-state index is 5.72. The highest BCUT2D eigenvalue weighted by molar-refractivity contribution is 14.1. The third kappa shape index (κ3) is 1.85. The van der Waals surface area contributed by atoms with Gasteiger partial charge in [0.25, 0.3) is 0 Å². The topological polar surface area (TPSA) is 43.8 Å². The van der Waals surface area contributed by atoms with Crippen LogP contribution in [0, 0.1) is 6.92 Å². The zero-order valence-electron chi connectivity index (χ0n) is 6.71. The van der Waals surface area contributed by atoms with Crippen molar-refractivity contribution in [2.75, 3.05) is 10.2 Å². The van der Waals surface area contributed by atoms with Crippen LogP contribution in [0.25, 0.3) is 0 Å². The first kappa shape index (κ1) is 8.83. The summed E-state index contributed by atoms with van der Waals surface area (Å²) in [6.07, 6.45) is 0. The van der Waals surface area contributed by atoms with Gasteiger partial charge in [0.2, 0.25) is 0 Å². The molecular weight excluding hydrogens is 253 g/mol. The van der Waals surface area contributed by atoms with Gasteiger partial charge in [0.15, 0.2) is 0 Å². The Balaban J connectivity index is 2.93. The maximum absolute atomic E-state index is 5.72. The lowest BCUT2D eigenvalue weighted by molar-refractivity contribution is 0.550. The maximum Gasteiger partial charge on any atom is 0.122 e. The fraction of sp³-hybridized carbons (Fsp3) is 0.571. The number of halogens is 1. The summed E-state index contributed by atoms with van der Waals surface area (Å²) in [4.78, 5) is 0. The summed E-state index contributed by atoms with van der Waals surface area (Å²) >= 11 is 2.33. The summed E-state index contributed by atoms with van der Waals surface area (Å²) in [6, 6.07) is 2.28. The summed E-state index contributed by atoms with van der Waals surface area (Å²) in [7, 11) is 0. The molecule has 0 saturated heterocycles. The fourth-order valence-electron chi connectivity index (χ4n) is 0.955. The van der Waals surface area contributed by atoms with E-state index in [0.717, 1.165) is 15.9 Å². The van der Waals surface area contributed by atoms with Crippen molar-refractivity contribution >= 4 is 28.4 Å². The molecule has 0 bridgehead atoms. The van der Waals surface area contributed by atoms with Crippen molar-refractivity contribution in [1.29, 1.82) is 0 Å². The number of nitrogens with zero attached hydrogens (tertiary/aromatic N) is 2. The second-order valence-electron chi connectivity index (χ2n) is 2.66. The monoisotopic (exact) mass is 265 g/mol. The lowest BCUT2D eigenvalue weighted by Gasteiger charge is -2.09. The van der Waals surface area contributed by atoms with Gasteiger partial charge in [-0.3, -0.25) is 0 Å². The molecule has 0 aliphatic heterocycles. The summed E-state index contributed by atoms with van der Waals surface area (Å²) in [5, 5.41) is 4.27. The average molecular weight is 265 g/mol. The van der Waals surface area contributed by atoms with E-state index in [4.69, 9.17) is 5.73 Å². The van der Waals surface area contributed by atoms with Gasteiger partial charge in [-0.25, -0.2) is 4.68 Å². The second kappa shape index (κ2) is 3.42. The van der Waals surface area contributed by atoms with Crippen LogP contribution in [0.15, 0.2) is 6.07 Å². The Morgan fingerprint density at radius 1 is 1.82 bits per heavy atom. The smallest absolute Gasteiger partial charge is 0.122 e. The predicted molar refractivity (Wildman–Crippen MR) is 55.0 cm³/mol. The predicted octanol–water partition coefficient (Wildman–Crippen LogP) is 1.77. The first-order chi connectivity index (χ1) is 5.15. The largest absolute Gasteiger partial charge is 0.384 e. The van der Waals surface area contributed by atoms with Gasteiger partial charge in [-0.1, -0.05) is 22.6 Å². The van der Waals surface area contributed by atoms with Gasteiger partial charge in [0.05, 0.1) is 11.7 Å². The van der Waals surface area contributed by atoms with E-state index in [1.54, 1.807) is 0 Å². The van der Waals surface area contributed by atoms with Crippen LogP contribution in [0.2, 0.25) is 0 Å². The van der Waals surface area contributed by atoms with E-state index in [0.29, 0.717) is 6.04 Å². The fourth-order valence-corrected chi connectivity index (χ4v) is 1.33. The third-order valence-electron chi connectivity index (χ3n) is 1.53. The van der Waals surface area contributed by atoms with Crippen LogP contribution in [-0.4, -0.2) is 14.2 Å². The molecule has 1 heterocycles. The standard InChI is InChI=1S/C7H12IN3/c1-5-3-7(9)11(10-5)6(2)4-8/h3,6H,4,9H2,1-2H3. The Morgan fingerprint density at radius 3 is 2.82 bits per heavy atom. The summed E-state index contributed by atoms with van der Waals surface area (Å²) < 4.78 is 2.89. The van der Waals surface area contributed by atoms with E-state index in [1.807, 2.05) is 17.7 Å². The van der Waals surface area contributed by atoms with Gasteiger partial charge >= 0.3 is 0 Å². The minimum atomic E-state index is 0.393. The number of anilines is 1. The first-order valence-electron chi connectivity index (χ1n) is 3.52. The van der Waals surface area contributed by atoms with Gasteiger partial charge < -0.3 is 5.73 Å². The van der Waals surface area contributed by atoms with Crippen LogP contribution < -0.4 is 5.73 Å². The van der Waals surface area contributed by atoms with Crippen molar-refractivity contribution in [2.24, 2.45) is 0 Å². The molecule has 0 aliphatic rings. The Hall–Kier alpha value is -0.260. The summed E-state index contributed by atoms with van der Waals surface area (Å²) in [5.41, 5.74) is 6.70. The molecule has 1 rings (SSSR count). The van der Waals surface area contributed by atoms with E-state index in [2.05, 4.69) is 34.6 Å². The van der Waals surface area contributed by atoms with Gasteiger partial charge in [0.1, 0.15) is 5.82 Å². The van der Waals surface area contributed by atoms with Gasteiger partial charge in [-0.05, 0) is 13.8 Å². The van der Waals surface area contributed by atoms with Crippen LogP contribution in [0.3, 0.4) is 0 Å². The van der Waals surface area contributed by atoms with Crippen LogP contribution in [0.4, 0.5) is 5.82 Å². The SMILES string of the molecule is Cc1cc(N)n(C(C)CI)n1. The quantitative estimate of drug-likeness (QED) is 0.654.